The SMILES string of the molecule is CCC(C)NC(=NCC(=O)N(C)C)NCC(C(CC)CC)N1CCOCC1. The summed E-state index contributed by atoms with van der Waals surface area (Å²) < 4.78 is 5.54. The molecule has 0 saturated carbocycles. The van der Waals surface area contributed by atoms with Gasteiger partial charge in [-0.3, -0.25) is 9.69 Å². The van der Waals surface area contributed by atoms with Gasteiger partial charge in [-0.15, -0.1) is 0 Å². The summed E-state index contributed by atoms with van der Waals surface area (Å²) in [5, 5.41) is 6.93. The van der Waals surface area contributed by atoms with Gasteiger partial charge in [0.1, 0.15) is 6.54 Å². The van der Waals surface area contributed by atoms with E-state index in [2.05, 4.69) is 48.2 Å². The molecule has 158 valence electrons. The predicted octanol–water partition coefficient (Wildman–Crippen LogP) is 1.55. The summed E-state index contributed by atoms with van der Waals surface area (Å²) in [5.41, 5.74) is 0. The number of hydrogen-bond acceptors (Lipinski definition) is 4. The Morgan fingerprint density at radius 1 is 1.15 bits per heavy atom. The molecule has 0 aromatic heterocycles. The third kappa shape index (κ3) is 8.47. The van der Waals surface area contributed by atoms with Gasteiger partial charge in [0.05, 0.1) is 13.2 Å². The molecular weight excluding hydrogens is 342 g/mol. The Bertz CT molecular complexity index is 446. The fraction of sp³-hybridized carbons (Fsp3) is 0.900. The van der Waals surface area contributed by atoms with E-state index in [-0.39, 0.29) is 12.5 Å². The predicted molar refractivity (Wildman–Crippen MR) is 112 cm³/mol. The molecule has 7 heteroatoms. The Hall–Kier alpha value is -1.34. The van der Waals surface area contributed by atoms with Crippen LogP contribution in [0.15, 0.2) is 4.99 Å². The van der Waals surface area contributed by atoms with Crippen LogP contribution in [0.1, 0.15) is 47.0 Å². The van der Waals surface area contributed by atoms with Crippen molar-refractivity contribution in [2.75, 3.05) is 53.5 Å². The van der Waals surface area contributed by atoms with E-state index in [0.717, 1.165) is 58.1 Å². The van der Waals surface area contributed by atoms with Gasteiger partial charge in [-0.1, -0.05) is 33.6 Å². The maximum absolute atomic E-state index is 11.9. The van der Waals surface area contributed by atoms with Gasteiger partial charge in [-0.05, 0) is 19.3 Å². The summed E-state index contributed by atoms with van der Waals surface area (Å²) in [4.78, 5) is 20.6. The monoisotopic (exact) mass is 383 g/mol. The lowest BCUT2D eigenvalue weighted by atomic mass is 9.92. The van der Waals surface area contributed by atoms with Crippen LogP contribution in [-0.4, -0.2) is 87.2 Å². The van der Waals surface area contributed by atoms with Crippen molar-refractivity contribution >= 4 is 11.9 Å². The van der Waals surface area contributed by atoms with E-state index in [1.54, 1.807) is 19.0 Å². The first-order valence-electron chi connectivity index (χ1n) is 10.5. The molecule has 27 heavy (non-hydrogen) atoms. The van der Waals surface area contributed by atoms with E-state index < -0.39 is 0 Å². The van der Waals surface area contributed by atoms with Crippen molar-refractivity contribution in [3.63, 3.8) is 0 Å². The van der Waals surface area contributed by atoms with E-state index >= 15 is 0 Å². The topological polar surface area (TPSA) is 69.2 Å². The van der Waals surface area contributed by atoms with Gasteiger partial charge in [-0.25, -0.2) is 4.99 Å². The Morgan fingerprint density at radius 2 is 1.78 bits per heavy atom. The van der Waals surface area contributed by atoms with Crippen LogP contribution in [0.3, 0.4) is 0 Å². The van der Waals surface area contributed by atoms with E-state index in [0.29, 0.717) is 18.0 Å². The van der Waals surface area contributed by atoms with Crippen molar-refractivity contribution in [3.05, 3.63) is 0 Å². The summed E-state index contributed by atoms with van der Waals surface area (Å²) in [6.45, 7) is 13.4. The molecule has 0 aromatic rings. The van der Waals surface area contributed by atoms with Crippen molar-refractivity contribution in [2.45, 2.75) is 59.0 Å². The fourth-order valence-corrected chi connectivity index (χ4v) is 3.31. The van der Waals surface area contributed by atoms with E-state index in [1.165, 1.54) is 0 Å². The molecule has 1 heterocycles. The minimum absolute atomic E-state index is 0.00461. The van der Waals surface area contributed by atoms with Gasteiger partial charge in [0.15, 0.2) is 5.96 Å². The van der Waals surface area contributed by atoms with Crippen molar-refractivity contribution in [1.82, 2.24) is 20.4 Å². The summed E-state index contributed by atoms with van der Waals surface area (Å²) in [5.74, 6) is 1.36. The minimum atomic E-state index is 0.00461. The van der Waals surface area contributed by atoms with Gasteiger partial charge in [0.2, 0.25) is 5.91 Å². The molecule has 0 spiro atoms. The third-order valence-electron chi connectivity index (χ3n) is 5.45. The highest BCUT2D eigenvalue weighted by Crippen LogP contribution is 2.19. The van der Waals surface area contributed by atoms with Crippen LogP contribution in [0.2, 0.25) is 0 Å². The maximum atomic E-state index is 11.9. The number of carbonyl (C=O) groups is 1. The highest BCUT2D eigenvalue weighted by molar-refractivity contribution is 5.84. The molecule has 0 aromatic carbocycles. The second-order valence-electron chi connectivity index (χ2n) is 7.58. The molecular formula is C20H41N5O2. The van der Waals surface area contributed by atoms with Crippen molar-refractivity contribution in [1.29, 1.82) is 0 Å². The number of rotatable bonds is 10. The summed E-state index contributed by atoms with van der Waals surface area (Å²) in [6, 6.07) is 0.748. The Kier molecular flexibility index (Phi) is 11.4. The summed E-state index contributed by atoms with van der Waals surface area (Å²) in [6.07, 6.45) is 3.32. The zero-order valence-electron chi connectivity index (χ0n) is 18.3. The minimum Gasteiger partial charge on any atom is -0.379 e. The van der Waals surface area contributed by atoms with Crippen molar-refractivity contribution in [3.8, 4) is 0 Å². The smallest absolute Gasteiger partial charge is 0.243 e. The summed E-state index contributed by atoms with van der Waals surface area (Å²) in [7, 11) is 3.52. The number of hydrogen-bond donors (Lipinski definition) is 2. The molecule has 0 aliphatic carbocycles. The van der Waals surface area contributed by atoms with Gasteiger partial charge >= 0.3 is 0 Å². The van der Waals surface area contributed by atoms with Crippen LogP contribution in [0.5, 0.6) is 0 Å². The molecule has 1 amide bonds. The van der Waals surface area contributed by atoms with E-state index in [9.17, 15) is 4.79 Å². The largest absolute Gasteiger partial charge is 0.379 e. The van der Waals surface area contributed by atoms with Crippen LogP contribution in [0.4, 0.5) is 0 Å². The second kappa shape index (κ2) is 12.9. The van der Waals surface area contributed by atoms with Crippen LogP contribution in [0.25, 0.3) is 0 Å². The quantitative estimate of drug-likeness (QED) is 0.442. The third-order valence-corrected chi connectivity index (χ3v) is 5.45. The van der Waals surface area contributed by atoms with Crippen LogP contribution < -0.4 is 10.6 Å². The molecule has 2 atom stereocenters. The molecule has 1 saturated heterocycles. The van der Waals surface area contributed by atoms with Crippen LogP contribution in [0, 0.1) is 5.92 Å². The number of nitrogens with zero attached hydrogens (tertiary/aromatic N) is 3. The maximum Gasteiger partial charge on any atom is 0.243 e. The number of ether oxygens (including phenoxy) is 1. The first-order chi connectivity index (χ1) is 12.9. The second-order valence-corrected chi connectivity index (χ2v) is 7.58. The normalized spacial score (nSPS) is 18.3. The molecule has 2 N–H and O–H groups in total. The number of morpholine rings is 1. The molecule has 2 unspecified atom stereocenters. The first kappa shape index (κ1) is 23.7. The average molecular weight is 384 g/mol. The number of aliphatic imine (C=N–C) groups is 1. The zero-order chi connectivity index (χ0) is 20.2. The van der Waals surface area contributed by atoms with Crippen LogP contribution in [-0.2, 0) is 9.53 Å². The van der Waals surface area contributed by atoms with E-state index in [4.69, 9.17) is 4.74 Å². The number of guanidine groups is 1. The lowest BCUT2D eigenvalue weighted by Crippen LogP contribution is -2.54. The van der Waals surface area contributed by atoms with Gasteiger partial charge < -0.3 is 20.3 Å². The van der Waals surface area contributed by atoms with Crippen LogP contribution >= 0.6 is 0 Å². The lowest BCUT2D eigenvalue weighted by Gasteiger charge is -2.39. The fourth-order valence-electron chi connectivity index (χ4n) is 3.31. The number of nitrogens with one attached hydrogen (secondary N) is 2. The Morgan fingerprint density at radius 3 is 2.30 bits per heavy atom. The molecule has 7 nitrogen and oxygen atoms in total. The number of likely N-dealkylation sites (N-methyl/N-ethyl adjacent to an activating group) is 1. The Balaban J connectivity index is 2.81. The van der Waals surface area contributed by atoms with Crippen molar-refractivity contribution in [2.24, 2.45) is 10.9 Å². The molecule has 0 bridgehead atoms. The van der Waals surface area contributed by atoms with E-state index in [1.807, 2.05) is 0 Å². The van der Waals surface area contributed by atoms with Crippen molar-refractivity contribution < 1.29 is 9.53 Å². The number of amides is 1. The number of carbonyl (C=O) groups excluding carboxylic acids is 1. The van der Waals surface area contributed by atoms with Gasteiger partial charge in [0.25, 0.3) is 0 Å². The molecule has 1 aliphatic rings. The highest BCUT2D eigenvalue weighted by Gasteiger charge is 2.27. The summed E-state index contributed by atoms with van der Waals surface area (Å²) >= 11 is 0. The van der Waals surface area contributed by atoms with Gasteiger partial charge in [0, 0.05) is 45.8 Å². The first-order valence-corrected chi connectivity index (χ1v) is 10.5. The van der Waals surface area contributed by atoms with Gasteiger partial charge in [-0.2, -0.15) is 0 Å². The molecule has 1 aliphatic heterocycles. The lowest BCUT2D eigenvalue weighted by molar-refractivity contribution is -0.127. The molecule has 0 radical (unpaired) electrons. The molecule has 1 fully saturated rings. The average Bonchev–Trinajstić information content (AvgIpc) is 2.68. The zero-order valence-corrected chi connectivity index (χ0v) is 18.3. The standard InChI is InChI=1S/C20H41N5O2/c1-7-16(4)23-20(22-15-19(26)24(5)6)21-14-18(17(8-2)9-3)25-10-12-27-13-11-25/h16-18H,7-15H2,1-6H3,(H2,21,22,23). The molecule has 1 rings (SSSR count). The Labute approximate surface area is 165 Å². The highest BCUT2D eigenvalue weighted by atomic mass is 16.5.